The molecular formula is C11H18N2OS. The molecule has 0 aromatic carbocycles. The molecule has 1 saturated heterocycles. The predicted octanol–water partition coefficient (Wildman–Crippen LogP) is 1.24. The van der Waals surface area contributed by atoms with Gasteiger partial charge in [-0.2, -0.15) is 11.8 Å². The van der Waals surface area contributed by atoms with Gasteiger partial charge in [0.1, 0.15) is 0 Å². The second-order valence-electron chi connectivity index (χ2n) is 3.30. The molecule has 0 aliphatic carbocycles. The molecule has 1 heterocycles. The summed E-state index contributed by atoms with van der Waals surface area (Å²) >= 11 is 1.91. The molecule has 1 rings (SSSR count). The molecule has 3 nitrogen and oxygen atoms in total. The molecule has 4 heteroatoms. The van der Waals surface area contributed by atoms with Crippen LogP contribution in [0.5, 0.6) is 0 Å². The van der Waals surface area contributed by atoms with E-state index in [-0.39, 0.29) is 5.91 Å². The van der Waals surface area contributed by atoms with Crippen molar-refractivity contribution in [3.8, 4) is 0 Å². The SMILES string of the molecule is C=CNC/C(=C\C)C(=O)N1CCSCC1. The van der Waals surface area contributed by atoms with E-state index in [1.165, 1.54) is 0 Å². The van der Waals surface area contributed by atoms with E-state index in [0.717, 1.165) is 30.2 Å². The highest BCUT2D eigenvalue weighted by Gasteiger charge is 2.19. The quantitative estimate of drug-likeness (QED) is 0.732. The van der Waals surface area contributed by atoms with Crippen molar-refractivity contribution in [2.45, 2.75) is 6.92 Å². The minimum absolute atomic E-state index is 0.159. The van der Waals surface area contributed by atoms with Crippen LogP contribution in [0, 0.1) is 0 Å². The summed E-state index contributed by atoms with van der Waals surface area (Å²) in [6.45, 7) is 7.78. The third-order valence-corrected chi connectivity index (χ3v) is 3.30. The number of thioether (sulfide) groups is 1. The first-order valence-corrected chi connectivity index (χ1v) is 6.31. The molecule has 0 aromatic heterocycles. The molecule has 0 saturated carbocycles. The highest BCUT2D eigenvalue weighted by Crippen LogP contribution is 2.11. The third-order valence-electron chi connectivity index (χ3n) is 2.36. The molecular weight excluding hydrogens is 208 g/mol. The van der Waals surface area contributed by atoms with Gasteiger partial charge < -0.3 is 10.2 Å². The zero-order valence-electron chi connectivity index (χ0n) is 9.16. The zero-order chi connectivity index (χ0) is 11.1. The van der Waals surface area contributed by atoms with Crippen molar-refractivity contribution in [1.82, 2.24) is 10.2 Å². The number of allylic oxidation sites excluding steroid dienone is 1. The lowest BCUT2D eigenvalue weighted by atomic mass is 10.2. The van der Waals surface area contributed by atoms with E-state index in [1.807, 2.05) is 29.7 Å². The van der Waals surface area contributed by atoms with Crippen LogP contribution in [-0.4, -0.2) is 41.9 Å². The fourth-order valence-electron chi connectivity index (χ4n) is 1.45. The number of hydrogen-bond donors (Lipinski definition) is 1. The van der Waals surface area contributed by atoms with Gasteiger partial charge in [-0.05, 0) is 13.1 Å². The fraction of sp³-hybridized carbons (Fsp3) is 0.545. The van der Waals surface area contributed by atoms with Gasteiger partial charge in [0, 0.05) is 36.7 Å². The summed E-state index contributed by atoms with van der Waals surface area (Å²) in [6, 6.07) is 0. The molecule has 1 N–H and O–H groups in total. The Bertz CT molecular complexity index is 257. The minimum atomic E-state index is 0.159. The first kappa shape index (κ1) is 12.2. The first-order valence-electron chi connectivity index (χ1n) is 5.16. The highest BCUT2D eigenvalue weighted by atomic mass is 32.2. The molecule has 15 heavy (non-hydrogen) atoms. The maximum absolute atomic E-state index is 12.0. The molecule has 1 amide bonds. The van der Waals surface area contributed by atoms with Crippen LogP contribution in [0.3, 0.4) is 0 Å². The molecule has 0 atom stereocenters. The van der Waals surface area contributed by atoms with Crippen molar-refractivity contribution < 1.29 is 4.79 Å². The highest BCUT2D eigenvalue weighted by molar-refractivity contribution is 7.99. The molecule has 1 aliphatic heterocycles. The van der Waals surface area contributed by atoms with Gasteiger partial charge in [-0.3, -0.25) is 4.79 Å². The number of nitrogens with zero attached hydrogens (tertiary/aromatic N) is 1. The summed E-state index contributed by atoms with van der Waals surface area (Å²) < 4.78 is 0. The summed E-state index contributed by atoms with van der Waals surface area (Å²) in [5.74, 6) is 2.27. The van der Waals surface area contributed by atoms with E-state index in [0.29, 0.717) is 6.54 Å². The van der Waals surface area contributed by atoms with Crippen molar-refractivity contribution in [3.63, 3.8) is 0 Å². The maximum atomic E-state index is 12.0. The van der Waals surface area contributed by atoms with Crippen molar-refractivity contribution in [3.05, 3.63) is 24.4 Å². The summed E-state index contributed by atoms with van der Waals surface area (Å²) in [5.41, 5.74) is 0.821. The molecule has 1 aliphatic rings. The molecule has 0 aromatic rings. The van der Waals surface area contributed by atoms with Gasteiger partial charge in [0.05, 0.1) is 0 Å². The second kappa shape index (κ2) is 6.56. The Balaban J connectivity index is 2.51. The molecule has 0 unspecified atom stereocenters. The zero-order valence-corrected chi connectivity index (χ0v) is 9.98. The van der Waals surface area contributed by atoms with Crippen molar-refractivity contribution in [2.24, 2.45) is 0 Å². The van der Waals surface area contributed by atoms with Gasteiger partial charge in [0.2, 0.25) is 0 Å². The normalized spacial score (nSPS) is 17.4. The minimum Gasteiger partial charge on any atom is -0.387 e. The summed E-state index contributed by atoms with van der Waals surface area (Å²) in [4.78, 5) is 13.9. The summed E-state index contributed by atoms with van der Waals surface area (Å²) in [6.07, 6.45) is 3.49. The van der Waals surface area contributed by atoms with Crippen LogP contribution < -0.4 is 5.32 Å². The molecule has 0 radical (unpaired) electrons. The number of nitrogens with one attached hydrogen (secondary N) is 1. The Kier molecular flexibility index (Phi) is 5.32. The van der Waals surface area contributed by atoms with Crippen LogP contribution in [0.2, 0.25) is 0 Å². The molecule has 1 fully saturated rings. The van der Waals surface area contributed by atoms with Gasteiger partial charge in [0.15, 0.2) is 0 Å². The topological polar surface area (TPSA) is 32.3 Å². The Labute approximate surface area is 95.6 Å². The Hall–Kier alpha value is -0.900. The lowest BCUT2D eigenvalue weighted by Crippen LogP contribution is -2.40. The molecule has 0 spiro atoms. The number of rotatable bonds is 4. The third kappa shape index (κ3) is 3.63. The monoisotopic (exact) mass is 226 g/mol. The number of hydrogen-bond acceptors (Lipinski definition) is 3. The van der Waals surface area contributed by atoms with E-state index in [2.05, 4.69) is 11.9 Å². The van der Waals surface area contributed by atoms with E-state index in [4.69, 9.17) is 0 Å². The van der Waals surface area contributed by atoms with Crippen molar-refractivity contribution in [1.29, 1.82) is 0 Å². The summed E-state index contributed by atoms with van der Waals surface area (Å²) in [7, 11) is 0. The van der Waals surface area contributed by atoms with Crippen LogP contribution in [-0.2, 0) is 4.79 Å². The van der Waals surface area contributed by atoms with E-state index < -0.39 is 0 Å². The van der Waals surface area contributed by atoms with Crippen LogP contribution >= 0.6 is 11.8 Å². The number of amides is 1. The molecule has 0 bridgehead atoms. The van der Waals surface area contributed by atoms with Crippen molar-refractivity contribution >= 4 is 17.7 Å². The summed E-state index contributed by atoms with van der Waals surface area (Å²) in [5, 5.41) is 2.96. The Morgan fingerprint density at radius 2 is 2.20 bits per heavy atom. The van der Waals surface area contributed by atoms with E-state index in [1.54, 1.807) is 6.20 Å². The van der Waals surface area contributed by atoms with Crippen LogP contribution in [0.25, 0.3) is 0 Å². The fourth-order valence-corrected chi connectivity index (χ4v) is 2.36. The van der Waals surface area contributed by atoms with Crippen LogP contribution in [0.1, 0.15) is 6.92 Å². The van der Waals surface area contributed by atoms with Crippen LogP contribution in [0.15, 0.2) is 24.4 Å². The first-order chi connectivity index (χ1) is 7.29. The maximum Gasteiger partial charge on any atom is 0.251 e. The smallest absolute Gasteiger partial charge is 0.251 e. The standard InChI is InChI=1S/C11H18N2OS/c1-3-10(9-12-4-2)11(14)13-5-7-15-8-6-13/h3-4,12H,2,5-9H2,1H3/b10-3+. The van der Waals surface area contributed by atoms with Gasteiger partial charge in [-0.25, -0.2) is 0 Å². The molecule has 84 valence electrons. The van der Waals surface area contributed by atoms with E-state index in [9.17, 15) is 4.79 Å². The average Bonchev–Trinajstić information content (AvgIpc) is 2.31. The van der Waals surface area contributed by atoms with Gasteiger partial charge in [-0.15, -0.1) is 0 Å². The number of carbonyl (C=O) groups is 1. The largest absolute Gasteiger partial charge is 0.387 e. The van der Waals surface area contributed by atoms with Crippen molar-refractivity contribution in [2.75, 3.05) is 31.1 Å². The van der Waals surface area contributed by atoms with Gasteiger partial charge in [-0.1, -0.05) is 12.7 Å². The van der Waals surface area contributed by atoms with Gasteiger partial charge >= 0.3 is 0 Å². The lowest BCUT2D eigenvalue weighted by molar-refractivity contribution is -0.126. The number of carbonyl (C=O) groups excluding carboxylic acids is 1. The average molecular weight is 226 g/mol. The van der Waals surface area contributed by atoms with Gasteiger partial charge in [0.25, 0.3) is 5.91 Å². The van der Waals surface area contributed by atoms with E-state index >= 15 is 0 Å². The second-order valence-corrected chi connectivity index (χ2v) is 4.53. The Morgan fingerprint density at radius 3 is 2.73 bits per heavy atom. The predicted molar refractivity (Wildman–Crippen MR) is 65.9 cm³/mol. The Morgan fingerprint density at radius 1 is 1.53 bits per heavy atom. The van der Waals surface area contributed by atoms with Crippen LogP contribution in [0.4, 0.5) is 0 Å². The lowest BCUT2D eigenvalue weighted by Gasteiger charge is -2.27.